The second kappa shape index (κ2) is 6.37. The van der Waals surface area contributed by atoms with Gasteiger partial charge in [-0.05, 0) is 31.4 Å². The summed E-state index contributed by atoms with van der Waals surface area (Å²) in [7, 11) is 1.69. The van der Waals surface area contributed by atoms with E-state index in [0.29, 0.717) is 17.7 Å². The van der Waals surface area contributed by atoms with Crippen LogP contribution >= 0.6 is 11.8 Å². The maximum absolute atomic E-state index is 5.99. The lowest BCUT2D eigenvalue weighted by atomic mass is 10.2. The summed E-state index contributed by atoms with van der Waals surface area (Å²) in [4.78, 5) is 4.41. The fourth-order valence-corrected chi connectivity index (χ4v) is 3.08. The lowest BCUT2D eigenvalue weighted by Crippen LogP contribution is -2.11. The van der Waals surface area contributed by atoms with Gasteiger partial charge in [0, 0.05) is 13.7 Å². The maximum atomic E-state index is 5.99. The van der Waals surface area contributed by atoms with E-state index in [4.69, 9.17) is 15.0 Å². The molecule has 2 heterocycles. The van der Waals surface area contributed by atoms with E-state index in [9.17, 15) is 0 Å². The van der Waals surface area contributed by atoms with E-state index in [-0.39, 0.29) is 6.04 Å². The van der Waals surface area contributed by atoms with E-state index < -0.39 is 0 Å². The number of thioether (sulfide) groups is 1. The van der Waals surface area contributed by atoms with Gasteiger partial charge in [-0.25, -0.2) is 0 Å². The van der Waals surface area contributed by atoms with Crippen LogP contribution in [0.25, 0.3) is 0 Å². The van der Waals surface area contributed by atoms with Crippen molar-refractivity contribution in [1.29, 1.82) is 0 Å². The van der Waals surface area contributed by atoms with E-state index in [0.717, 1.165) is 25.1 Å². The molecular weight excluding hydrogens is 238 g/mol. The fourth-order valence-electron chi connectivity index (χ4n) is 1.88. The third-order valence-electron chi connectivity index (χ3n) is 2.86. The largest absolute Gasteiger partial charge is 0.385 e. The van der Waals surface area contributed by atoms with Crippen LogP contribution in [0.2, 0.25) is 0 Å². The van der Waals surface area contributed by atoms with Crippen LogP contribution in [-0.2, 0) is 4.74 Å². The third-order valence-corrected chi connectivity index (χ3v) is 4.23. The van der Waals surface area contributed by atoms with Crippen molar-refractivity contribution in [3.05, 3.63) is 11.7 Å². The first-order chi connectivity index (χ1) is 8.31. The van der Waals surface area contributed by atoms with Crippen LogP contribution in [-0.4, -0.2) is 29.6 Å². The molecule has 6 heteroatoms. The standard InChI is InChI=1S/C11H19N3O2S/c1-15-6-2-4-8(12)11-13-10(14-16-11)9-5-3-7-17-9/h8-9H,2-7,12H2,1H3. The smallest absolute Gasteiger partial charge is 0.243 e. The Morgan fingerprint density at radius 2 is 2.53 bits per heavy atom. The van der Waals surface area contributed by atoms with E-state index in [1.54, 1.807) is 7.11 Å². The molecule has 0 spiro atoms. The van der Waals surface area contributed by atoms with Gasteiger partial charge in [0.15, 0.2) is 5.82 Å². The number of aromatic nitrogens is 2. The third kappa shape index (κ3) is 3.43. The highest BCUT2D eigenvalue weighted by atomic mass is 32.2. The lowest BCUT2D eigenvalue weighted by molar-refractivity contribution is 0.188. The Labute approximate surface area is 105 Å². The van der Waals surface area contributed by atoms with Crippen LogP contribution in [0.5, 0.6) is 0 Å². The van der Waals surface area contributed by atoms with Crippen molar-refractivity contribution in [2.75, 3.05) is 19.5 Å². The summed E-state index contributed by atoms with van der Waals surface area (Å²) >= 11 is 1.90. The highest BCUT2D eigenvalue weighted by Gasteiger charge is 2.24. The summed E-state index contributed by atoms with van der Waals surface area (Å²) in [5.41, 5.74) is 5.99. The first-order valence-electron chi connectivity index (χ1n) is 6.01. The molecular formula is C11H19N3O2S. The zero-order chi connectivity index (χ0) is 12.1. The van der Waals surface area contributed by atoms with Crippen molar-refractivity contribution < 1.29 is 9.26 Å². The van der Waals surface area contributed by atoms with Gasteiger partial charge < -0.3 is 15.0 Å². The van der Waals surface area contributed by atoms with Crippen molar-refractivity contribution >= 4 is 11.8 Å². The molecule has 0 amide bonds. The first kappa shape index (κ1) is 12.9. The molecule has 0 bridgehead atoms. The molecule has 0 aromatic carbocycles. The van der Waals surface area contributed by atoms with Crippen LogP contribution in [0.3, 0.4) is 0 Å². The normalized spacial score (nSPS) is 21.9. The molecule has 1 aromatic rings. The number of nitrogens with two attached hydrogens (primary N) is 1. The second-order valence-corrected chi connectivity index (χ2v) is 5.54. The maximum Gasteiger partial charge on any atom is 0.243 e. The first-order valence-corrected chi connectivity index (χ1v) is 7.05. The van der Waals surface area contributed by atoms with E-state index in [2.05, 4.69) is 10.1 Å². The second-order valence-electron chi connectivity index (χ2n) is 4.23. The minimum Gasteiger partial charge on any atom is -0.385 e. The molecule has 2 N–H and O–H groups in total. The molecule has 17 heavy (non-hydrogen) atoms. The van der Waals surface area contributed by atoms with Gasteiger partial charge in [-0.1, -0.05) is 5.16 Å². The molecule has 1 aliphatic heterocycles. The van der Waals surface area contributed by atoms with E-state index >= 15 is 0 Å². The molecule has 96 valence electrons. The summed E-state index contributed by atoms with van der Waals surface area (Å²) in [5.74, 6) is 2.56. The monoisotopic (exact) mass is 257 g/mol. The quantitative estimate of drug-likeness (QED) is 0.786. The van der Waals surface area contributed by atoms with Crippen LogP contribution < -0.4 is 5.73 Å². The van der Waals surface area contributed by atoms with Gasteiger partial charge in [-0.2, -0.15) is 16.7 Å². The number of nitrogens with zero attached hydrogens (tertiary/aromatic N) is 2. The van der Waals surface area contributed by atoms with Gasteiger partial charge in [0.05, 0.1) is 11.3 Å². The van der Waals surface area contributed by atoms with Crippen LogP contribution in [0.4, 0.5) is 0 Å². The van der Waals surface area contributed by atoms with Gasteiger partial charge >= 0.3 is 0 Å². The predicted octanol–water partition coefficient (Wildman–Crippen LogP) is 2.06. The van der Waals surface area contributed by atoms with Gasteiger partial charge in [-0.3, -0.25) is 0 Å². The topological polar surface area (TPSA) is 74.2 Å². The minimum absolute atomic E-state index is 0.169. The molecule has 1 fully saturated rings. The van der Waals surface area contributed by atoms with Gasteiger partial charge in [0.2, 0.25) is 5.89 Å². The van der Waals surface area contributed by atoms with Crippen molar-refractivity contribution in [3.63, 3.8) is 0 Å². The Morgan fingerprint density at radius 1 is 1.65 bits per heavy atom. The molecule has 1 aromatic heterocycles. The average molecular weight is 257 g/mol. The van der Waals surface area contributed by atoms with E-state index in [1.807, 2.05) is 11.8 Å². The van der Waals surface area contributed by atoms with Crippen molar-refractivity contribution in [2.45, 2.75) is 37.0 Å². The highest BCUT2D eigenvalue weighted by molar-refractivity contribution is 7.99. The molecule has 1 aliphatic rings. The molecule has 1 saturated heterocycles. The number of hydrogen-bond donors (Lipinski definition) is 1. The lowest BCUT2D eigenvalue weighted by Gasteiger charge is -2.05. The Bertz CT molecular complexity index is 339. The molecule has 2 unspecified atom stereocenters. The van der Waals surface area contributed by atoms with Gasteiger partial charge in [0.1, 0.15) is 0 Å². The summed E-state index contributed by atoms with van der Waals surface area (Å²) in [6.07, 6.45) is 4.10. The zero-order valence-corrected chi connectivity index (χ0v) is 10.9. The molecule has 2 rings (SSSR count). The Balaban J connectivity index is 1.88. The number of hydrogen-bond acceptors (Lipinski definition) is 6. The molecule has 0 radical (unpaired) electrons. The molecule has 0 aliphatic carbocycles. The van der Waals surface area contributed by atoms with Crippen LogP contribution in [0, 0.1) is 0 Å². The van der Waals surface area contributed by atoms with Crippen LogP contribution in [0.15, 0.2) is 4.52 Å². The Kier molecular flexibility index (Phi) is 4.82. The summed E-state index contributed by atoms with van der Waals surface area (Å²) in [5, 5.41) is 4.43. The zero-order valence-electron chi connectivity index (χ0n) is 10.1. The number of ether oxygens (including phenoxy) is 1. The SMILES string of the molecule is COCCCC(N)c1nc(C2CCCS2)no1. The van der Waals surface area contributed by atoms with Gasteiger partial charge in [-0.15, -0.1) is 0 Å². The molecule has 5 nitrogen and oxygen atoms in total. The van der Waals surface area contributed by atoms with Crippen LogP contribution in [0.1, 0.15) is 48.7 Å². The Morgan fingerprint density at radius 3 is 3.24 bits per heavy atom. The number of rotatable bonds is 6. The number of methoxy groups -OCH3 is 1. The molecule has 0 saturated carbocycles. The Hall–Kier alpha value is -0.590. The summed E-state index contributed by atoms with van der Waals surface area (Å²) in [6.45, 7) is 0.715. The van der Waals surface area contributed by atoms with Crippen molar-refractivity contribution in [1.82, 2.24) is 10.1 Å². The summed E-state index contributed by atoms with van der Waals surface area (Å²) < 4.78 is 10.2. The predicted molar refractivity (Wildman–Crippen MR) is 66.8 cm³/mol. The molecule has 2 atom stereocenters. The highest BCUT2D eigenvalue weighted by Crippen LogP contribution is 2.38. The van der Waals surface area contributed by atoms with Crippen molar-refractivity contribution in [3.8, 4) is 0 Å². The fraction of sp³-hybridized carbons (Fsp3) is 0.818. The summed E-state index contributed by atoms with van der Waals surface area (Å²) in [6, 6.07) is -0.169. The average Bonchev–Trinajstić information content (AvgIpc) is 3.00. The minimum atomic E-state index is -0.169. The van der Waals surface area contributed by atoms with Crippen molar-refractivity contribution in [2.24, 2.45) is 5.73 Å². The van der Waals surface area contributed by atoms with Gasteiger partial charge in [0.25, 0.3) is 0 Å². The van der Waals surface area contributed by atoms with E-state index in [1.165, 1.54) is 12.2 Å².